The van der Waals surface area contributed by atoms with Crippen LogP contribution < -0.4 is 9.78 Å². The number of nitrogens with zero attached hydrogens (tertiary/aromatic N) is 2. The number of Topliss-reactive ketones (excluding diaryl/α,β-unsaturated/α-hetero) is 1. The van der Waals surface area contributed by atoms with Crippen LogP contribution in [-0.2, 0) is 0 Å². The van der Waals surface area contributed by atoms with Gasteiger partial charge in [-0.1, -0.05) is 35.0 Å². The molecule has 0 unspecified atom stereocenters. The Morgan fingerprint density at radius 2 is 1.90 bits per heavy atom. The van der Waals surface area contributed by atoms with E-state index in [4.69, 9.17) is 0 Å². The maximum Gasteiger partial charge on any atom is 0.211 e. The molecule has 0 N–H and O–H groups in total. The van der Waals surface area contributed by atoms with E-state index in [0.717, 1.165) is 17.5 Å². The van der Waals surface area contributed by atoms with Crippen LogP contribution in [0.25, 0.3) is 0 Å². The van der Waals surface area contributed by atoms with Gasteiger partial charge in [-0.3, -0.25) is 4.79 Å². The van der Waals surface area contributed by atoms with Gasteiger partial charge in [-0.05, 0) is 11.2 Å². The van der Waals surface area contributed by atoms with Crippen molar-refractivity contribution in [3.63, 3.8) is 0 Å². The molecule has 1 aromatic carbocycles. The Kier molecular flexibility index (Phi) is 4.90. The number of carbonyl (C=O) groups is 1. The average Bonchev–Trinajstić information content (AvgIpc) is 2.48. The maximum absolute atomic E-state index is 11.8. The third-order valence-corrected chi connectivity index (χ3v) is 3.38. The van der Waals surface area contributed by atoms with E-state index in [9.17, 15) is 9.90 Å². The van der Waals surface area contributed by atoms with Gasteiger partial charge in [-0.25, -0.2) is 0 Å². The minimum absolute atomic E-state index is 0.0751. The van der Waals surface area contributed by atoms with Gasteiger partial charge < -0.3 is 5.11 Å². The van der Waals surface area contributed by atoms with Crippen molar-refractivity contribution in [1.29, 1.82) is 0 Å². The van der Waals surface area contributed by atoms with Crippen molar-refractivity contribution in [3.8, 4) is 0 Å². The number of thioether (sulfide) groups is 1. The van der Waals surface area contributed by atoms with E-state index in [1.54, 1.807) is 36.5 Å². The van der Waals surface area contributed by atoms with E-state index in [1.807, 2.05) is 25.1 Å². The highest BCUT2D eigenvalue weighted by molar-refractivity contribution is 8.13. The predicted octanol–water partition coefficient (Wildman–Crippen LogP) is 1.38. The summed E-state index contributed by atoms with van der Waals surface area (Å²) in [6.45, 7) is 1.86. The molecule has 0 aliphatic carbocycles. The Bertz CT molecular complexity index is 627. The van der Waals surface area contributed by atoms with E-state index in [0.29, 0.717) is 5.56 Å². The molecule has 0 aliphatic rings. The number of benzene rings is 1. The van der Waals surface area contributed by atoms with Crippen LogP contribution in [0.5, 0.6) is 0 Å². The molecule has 0 fully saturated rings. The highest BCUT2D eigenvalue weighted by atomic mass is 32.2. The summed E-state index contributed by atoms with van der Waals surface area (Å²) in [7, 11) is 0. The smallest absolute Gasteiger partial charge is 0.211 e. The van der Waals surface area contributed by atoms with Gasteiger partial charge in [-0.15, -0.1) is 11.8 Å². The van der Waals surface area contributed by atoms with E-state index >= 15 is 0 Å². The highest BCUT2D eigenvalue weighted by Crippen LogP contribution is 2.06. The number of hydrogen-bond donors (Lipinski definition) is 0. The summed E-state index contributed by atoms with van der Waals surface area (Å²) in [5, 5.41) is 15.3. The number of rotatable bonds is 4. The van der Waals surface area contributed by atoms with Gasteiger partial charge in [0.05, 0.1) is 11.0 Å². The topological polar surface area (TPSA) is 56.4 Å². The number of carbonyl (C=O) groups excluding carboxylic acids is 1. The van der Waals surface area contributed by atoms with Gasteiger partial charge >= 0.3 is 0 Å². The second kappa shape index (κ2) is 6.86. The average molecular weight is 286 g/mol. The van der Waals surface area contributed by atoms with E-state index in [1.165, 1.54) is 4.68 Å². The van der Waals surface area contributed by atoms with Crippen molar-refractivity contribution in [1.82, 2.24) is 0 Å². The summed E-state index contributed by atoms with van der Waals surface area (Å²) in [5.74, 6) is 0.0210. The first-order chi connectivity index (χ1) is 9.66. The van der Waals surface area contributed by atoms with Crippen LogP contribution >= 0.6 is 11.8 Å². The number of pyridine rings is 1. The molecule has 5 heteroatoms. The van der Waals surface area contributed by atoms with Crippen LogP contribution in [0.3, 0.4) is 0 Å². The third kappa shape index (κ3) is 3.93. The fourth-order valence-corrected chi connectivity index (χ4v) is 2.15. The zero-order chi connectivity index (χ0) is 14.4. The quantitative estimate of drug-likeness (QED) is 0.369. The van der Waals surface area contributed by atoms with Crippen LogP contribution in [0.4, 0.5) is 0 Å². The van der Waals surface area contributed by atoms with Gasteiger partial charge in [0.1, 0.15) is 0 Å². The first-order valence-corrected chi connectivity index (χ1v) is 7.09. The molecule has 4 nitrogen and oxygen atoms in total. The molecule has 102 valence electrons. The number of ketones is 1. The summed E-state index contributed by atoms with van der Waals surface area (Å²) in [6.07, 6.45) is 1.70. The van der Waals surface area contributed by atoms with Crippen LogP contribution in [0, 0.1) is 6.92 Å². The number of aromatic nitrogens is 1. The van der Waals surface area contributed by atoms with Crippen LogP contribution in [0.2, 0.25) is 0 Å². The van der Waals surface area contributed by atoms with Crippen molar-refractivity contribution >= 4 is 22.8 Å². The Balaban J connectivity index is 1.97. The van der Waals surface area contributed by atoms with Gasteiger partial charge in [0.15, 0.2) is 5.78 Å². The molecule has 2 rings (SSSR count). The standard InChI is InChI=1S/C15H14N2O2S/c1-12-7-5-6-10-17(12)16-15(19)20-11-14(18)13-8-3-2-4-9-13/h2-10H,11H2,1H3. The van der Waals surface area contributed by atoms with E-state index < -0.39 is 0 Å². The van der Waals surface area contributed by atoms with Crippen LogP contribution in [-0.4, -0.2) is 16.8 Å². The Hall–Kier alpha value is -2.14. The molecule has 0 radical (unpaired) electrons. The largest absolute Gasteiger partial charge is 0.850 e. The van der Waals surface area contributed by atoms with Gasteiger partial charge in [0.25, 0.3) is 0 Å². The second-order valence-corrected chi connectivity index (χ2v) is 5.06. The van der Waals surface area contributed by atoms with Gasteiger partial charge in [-0.2, -0.15) is 0 Å². The zero-order valence-corrected chi connectivity index (χ0v) is 11.8. The molecular formula is C15H14N2O2S. The number of hydrogen-bond acceptors (Lipinski definition) is 4. The van der Waals surface area contributed by atoms with Crippen molar-refractivity contribution < 1.29 is 14.6 Å². The lowest BCUT2D eigenvalue weighted by molar-refractivity contribution is -0.687. The molecule has 2 aromatic rings. The Labute approximate surface area is 121 Å². The minimum Gasteiger partial charge on any atom is -0.850 e. The molecule has 0 atom stereocenters. The monoisotopic (exact) mass is 286 g/mol. The van der Waals surface area contributed by atoms with Gasteiger partial charge in [0, 0.05) is 24.6 Å². The second-order valence-electron chi connectivity index (χ2n) is 4.13. The van der Waals surface area contributed by atoms with Crippen molar-refractivity contribution in [2.24, 2.45) is 5.10 Å². The van der Waals surface area contributed by atoms with Crippen molar-refractivity contribution in [2.45, 2.75) is 6.92 Å². The normalized spacial score (nSPS) is 11.3. The van der Waals surface area contributed by atoms with E-state index in [2.05, 4.69) is 5.10 Å². The lowest BCUT2D eigenvalue weighted by Gasteiger charge is -2.06. The van der Waals surface area contributed by atoms with Gasteiger partial charge in [0.2, 0.25) is 11.9 Å². The summed E-state index contributed by atoms with van der Waals surface area (Å²) in [4.78, 5) is 11.8. The zero-order valence-electron chi connectivity index (χ0n) is 11.0. The lowest BCUT2D eigenvalue weighted by Crippen LogP contribution is -2.34. The van der Waals surface area contributed by atoms with Crippen molar-refractivity contribution in [3.05, 3.63) is 66.0 Å². The predicted molar refractivity (Wildman–Crippen MR) is 77.4 cm³/mol. The molecule has 0 saturated carbocycles. The summed E-state index contributed by atoms with van der Waals surface area (Å²) in [6, 6.07) is 14.4. The summed E-state index contributed by atoms with van der Waals surface area (Å²) in [5.41, 5.74) is 1.46. The molecule has 1 aromatic heterocycles. The minimum atomic E-state index is -0.381. The highest BCUT2D eigenvalue weighted by Gasteiger charge is 2.07. The van der Waals surface area contributed by atoms with E-state index in [-0.39, 0.29) is 16.8 Å². The molecule has 0 saturated heterocycles. The Morgan fingerprint density at radius 3 is 2.60 bits per heavy atom. The van der Waals surface area contributed by atoms with Crippen LogP contribution in [0.1, 0.15) is 16.1 Å². The van der Waals surface area contributed by atoms with Crippen molar-refractivity contribution in [2.75, 3.05) is 5.75 Å². The summed E-state index contributed by atoms with van der Waals surface area (Å²) >= 11 is 0.907. The van der Waals surface area contributed by atoms with Crippen LogP contribution in [0.15, 0.2) is 59.8 Å². The molecule has 20 heavy (non-hydrogen) atoms. The fourth-order valence-electron chi connectivity index (χ4n) is 1.58. The summed E-state index contributed by atoms with van der Waals surface area (Å²) < 4.78 is 1.50. The first kappa shape index (κ1) is 14.3. The molecule has 0 spiro atoms. The fraction of sp³-hybridized carbons (Fsp3) is 0.133. The lowest BCUT2D eigenvalue weighted by atomic mass is 10.2. The molecule has 0 aliphatic heterocycles. The molecule has 0 bridgehead atoms. The molecule has 0 amide bonds. The molecule has 1 heterocycles. The number of aryl methyl sites for hydroxylation is 1. The Morgan fingerprint density at radius 1 is 1.20 bits per heavy atom. The third-order valence-electron chi connectivity index (χ3n) is 2.65. The molecular weight excluding hydrogens is 272 g/mol. The first-order valence-electron chi connectivity index (χ1n) is 6.11. The SMILES string of the molecule is Cc1cccc[n+]1/N=C(\[O-])SCC(=O)c1ccccc1. The maximum atomic E-state index is 11.8.